The van der Waals surface area contributed by atoms with Crippen molar-refractivity contribution in [3.63, 3.8) is 0 Å². The first-order valence-corrected chi connectivity index (χ1v) is 6.03. The Balaban J connectivity index is 2.12. The van der Waals surface area contributed by atoms with E-state index in [9.17, 15) is 0 Å². The molecule has 0 spiro atoms. The molecule has 3 N–H and O–H groups in total. The number of aromatic nitrogens is 2. The summed E-state index contributed by atoms with van der Waals surface area (Å²) in [5.41, 5.74) is 9.93. The molecule has 3 heteroatoms. The molecule has 0 saturated carbocycles. The molecule has 0 radical (unpaired) electrons. The highest BCUT2D eigenvalue weighted by Gasteiger charge is 2.13. The standard InChI is InChI=1S/C15H15N3/c1-10(11-5-3-2-4-6-11)14-9-18-15-13(14)7-12(16)8-17-15/h2-10H,16H2,1H3,(H,17,18). The zero-order valence-corrected chi connectivity index (χ0v) is 10.2. The number of pyridine rings is 1. The van der Waals surface area contributed by atoms with Gasteiger partial charge in [-0.1, -0.05) is 37.3 Å². The van der Waals surface area contributed by atoms with Crippen LogP contribution in [0.2, 0.25) is 0 Å². The molecular weight excluding hydrogens is 222 g/mol. The van der Waals surface area contributed by atoms with Crippen molar-refractivity contribution >= 4 is 16.7 Å². The highest BCUT2D eigenvalue weighted by atomic mass is 14.8. The molecule has 3 nitrogen and oxygen atoms in total. The number of anilines is 1. The maximum absolute atomic E-state index is 5.81. The summed E-state index contributed by atoms with van der Waals surface area (Å²) in [4.78, 5) is 7.50. The van der Waals surface area contributed by atoms with Gasteiger partial charge in [-0.05, 0) is 17.2 Å². The van der Waals surface area contributed by atoms with Crippen molar-refractivity contribution < 1.29 is 0 Å². The lowest BCUT2D eigenvalue weighted by Crippen LogP contribution is -1.95. The van der Waals surface area contributed by atoms with Gasteiger partial charge in [-0.15, -0.1) is 0 Å². The lowest BCUT2D eigenvalue weighted by atomic mass is 9.93. The number of nitrogens with two attached hydrogens (primary N) is 1. The fourth-order valence-corrected chi connectivity index (χ4v) is 2.32. The largest absolute Gasteiger partial charge is 0.397 e. The first-order valence-electron chi connectivity index (χ1n) is 6.03. The molecule has 2 heterocycles. The van der Waals surface area contributed by atoms with Gasteiger partial charge >= 0.3 is 0 Å². The van der Waals surface area contributed by atoms with E-state index in [1.807, 2.05) is 18.3 Å². The van der Waals surface area contributed by atoms with Crippen molar-refractivity contribution in [2.75, 3.05) is 5.73 Å². The van der Waals surface area contributed by atoms with Gasteiger partial charge in [0.15, 0.2) is 0 Å². The van der Waals surface area contributed by atoms with Crippen LogP contribution >= 0.6 is 0 Å². The maximum atomic E-state index is 5.81. The smallest absolute Gasteiger partial charge is 0.137 e. The average Bonchev–Trinajstić information content (AvgIpc) is 2.82. The molecule has 2 aromatic heterocycles. The van der Waals surface area contributed by atoms with E-state index in [0.717, 1.165) is 11.0 Å². The van der Waals surface area contributed by atoms with Crippen LogP contribution in [0.25, 0.3) is 11.0 Å². The van der Waals surface area contributed by atoms with Crippen molar-refractivity contribution in [3.8, 4) is 0 Å². The molecule has 0 aliphatic heterocycles. The SMILES string of the molecule is CC(c1ccccc1)c1c[nH]c2ncc(N)cc12. The Morgan fingerprint density at radius 3 is 2.78 bits per heavy atom. The van der Waals surface area contributed by atoms with Gasteiger partial charge < -0.3 is 10.7 Å². The zero-order valence-electron chi connectivity index (χ0n) is 10.2. The lowest BCUT2D eigenvalue weighted by molar-refractivity contribution is 0.932. The quantitative estimate of drug-likeness (QED) is 0.718. The van der Waals surface area contributed by atoms with E-state index in [4.69, 9.17) is 5.73 Å². The number of benzene rings is 1. The van der Waals surface area contributed by atoms with Crippen molar-refractivity contribution in [3.05, 3.63) is 59.9 Å². The molecular formula is C15H15N3. The first kappa shape index (κ1) is 10.8. The summed E-state index contributed by atoms with van der Waals surface area (Å²) < 4.78 is 0. The number of aromatic amines is 1. The van der Waals surface area contributed by atoms with Gasteiger partial charge in [0.2, 0.25) is 0 Å². The van der Waals surface area contributed by atoms with Crippen molar-refractivity contribution in [1.29, 1.82) is 0 Å². The Morgan fingerprint density at radius 1 is 1.22 bits per heavy atom. The molecule has 1 aromatic carbocycles. The molecule has 0 aliphatic rings. The zero-order chi connectivity index (χ0) is 12.5. The first-order chi connectivity index (χ1) is 8.75. The van der Waals surface area contributed by atoms with E-state index >= 15 is 0 Å². The Kier molecular flexibility index (Phi) is 2.52. The summed E-state index contributed by atoms with van der Waals surface area (Å²) in [6.45, 7) is 2.20. The number of nitrogens with zero attached hydrogens (tertiary/aromatic N) is 1. The minimum Gasteiger partial charge on any atom is -0.397 e. The van der Waals surface area contributed by atoms with Crippen LogP contribution in [0.1, 0.15) is 24.0 Å². The predicted molar refractivity (Wildman–Crippen MR) is 74.5 cm³/mol. The van der Waals surface area contributed by atoms with Gasteiger partial charge in [-0.3, -0.25) is 0 Å². The minimum absolute atomic E-state index is 0.323. The van der Waals surface area contributed by atoms with Gasteiger partial charge in [-0.2, -0.15) is 0 Å². The van der Waals surface area contributed by atoms with Gasteiger partial charge in [0, 0.05) is 17.5 Å². The van der Waals surface area contributed by atoms with E-state index in [1.165, 1.54) is 11.1 Å². The predicted octanol–water partition coefficient (Wildman–Crippen LogP) is 3.30. The van der Waals surface area contributed by atoms with Crippen LogP contribution < -0.4 is 5.73 Å². The third kappa shape index (κ3) is 1.74. The topological polar surface area (TPSA) is 54.7 Å². The molecule has 0 saturated heterocycles. The van der Waals surface area contributed by atoms with Gasteiger partial charge in [0.1, 0.15) is 5.65 Å². The maximum Gasteiger partial charge on any atom is 0.137 e. The number of nitrogen functional groups attached to an aromatic ring is 1. The van der Waals surface area contributed by atoms with E-state index in [0.29, 0.717) is 11.6 Å². The second-order valence-corrected chi connectivity index (χ2v) is 4.54. The summed E-state index contributed by atoms with van der Waals surface area (Å²) in [5.74, 6) is 0.323. The molecule has 0 amide bonds. The summed E-state index contributed by atoms with van der Waals surface area (Å²) >= 11 is 0. The lowest BCUT2D eigenvalue weighted by Gasteiger charge is -2.10. The average molecular weight is 237 g/mol. The van der Waals surface area contributed by atoms with E-state index in [1.54, 1.807) is 6.20 Å². The van der Waals surface area contributed by atoms with Crippen LogP contribution in [0.15, 0.2) is 48.8 Å². The number of fused-ring (bicyclic) bond motifs is 1. The van der Waals surface area contributed by atoms with Crippen LogP contribution in [-0.4, -0.2) is 9.97 Å². The molecule has 90 valence electrons. The normalized spacial score (nSPS) is 12.7. The van der Waals surface area contributed by atoms with Crippen molar-refractivity contribution in [1.82, 2.24) is 9.97 Å². The fraction of sp³-hybridized carbons (Fsp3) is 0.133. The highest BCUT2D eigenvalue weighted by Crippen LogP contribution is 2.30. The highest BCUT2D eigenvalue weighted by molar-refractivity contribution is 5.83. The third-order valence-corrected chi connectivity index (χ3v) is 3.35. The van der Waals surface area contributed by atoms with E-state index < -0.39 is 0 Å². The number of hydrogen-bond donors (Lipinski definition) is 2. The van der Waals surface area contributed by atoms with Gasteiger partial charge in [0.25, 0.3) is 0 Å². The Morgan fingerprint density at radius 2 is 2.00 bits per heavy atom. The molecule has 3 aromatic rings. The Bertz CT molecular complexity index is 671. The monoisotopic (exact) mass is 237 g/mol. The number of H-pyrrole nitrogens is 1. The molecule has 0 bridgehead atoms. The van der Waals surface area contributed by atoms with Crippen LogP contribution in [0, 0.1) is 0 Å². The molecule has 1 atom stereocenters. The summed E-state index contributed by atoms with van der Waals surface area (Å²) in [6, 6.07) is 12.4. The van der Waals surface area contributed by atoms with Crippen LogP contribution in [0.5, 0.6) is 0 Å². The molecule has 3 rings (SSSR count). The van der Waals surface area contributed by atoms with Gasteiger partial charge in [0.05, 0.1) is 11.9 Å². The van der Waals surface area contributed by atoms with Crippen LogP contribution in [0.3, 0.4) is 0 Å². The Hall–Kier alpha value is -2.29. The molecule has 0 aliphatic carbocycles. The third-order valence-electron chi connectivity index (χ3n) is 3.35. The van der Waals surface area contributed by atoms with Gasteiger partial charge in [-0.25, -0.2) is 4.98 Å². The Labute approximate surface area is 106 Å². The van der Waals surface area contributed by atoms with Crippen molar-refractivity contribution in [2.45, 2.75) is 12.8 Å². The minimum atomic E-state index is 0.323. The summed E-state index contributed by atoms with van der Waals surface area (Å²) in [5, 5.41) is 1.10. The fourth-order valence-electron chi connectivity index (χ4n) is 2.32. The second-order valence-electron chi connectivity index (χ2n) is 4.54. The summed E-state index contributed by atoms with van der Waals surface area (Å²) in [7, 11) is 0. The van der Waals surface area contributed by atoms with Crippen molar-refractivity contribution in [2.24, 2.45) is 0 Å². The number of rotatable bonds is 2. The van der Waals surface area contributed by atoms with Crippen LogP contribution in [0.4, 0.5) is 5.69 Å². The van der Waals surface area contributed by atoms with E-state index in [-0.39, 0.29) is 0 Å². The molecule has 1 unspecified atom stereocenters. The van der Waals surface area contributed by atoms with E-state index in [2.05, 4.69) is 41.2 Å². The van der Waals surface area contributed by atoms with Crippen LogP contribution in [-0.2, 0) is 0 Å². The second kappa shape index (κ2) is 4.18. The number of hydrogen-bond acceptors (Lipinski definition) is 2. The molecule has 18 heavy (non-hydrogen) atoms. The number of nitrogens with one attached hydrogen (secondary N) is 1. The molecule has 0 fully saturated rings. The summed E-state index contributed by atoms with van der Waals surface area (Å²) in [6.07, 6.45) is 3.70.